The summed E-state index contributed by atoms with van der Waals surface area (Å²) in [7, 11) is 0. The van der Waals surface area contributed by atoms with Gasteiger partial charge in [-0.3, -0.25) is 4.79 Å². The molecular weight excluding hydrogens is 210 g/mol. The van der Waals surface area contributed by atoms with Crippen molar-refractivity contribution in [2.45, 2.75) is 31.6 Å². The van der Waals surface area contributed by atoms with Gasteiger partial charge in [0.1, 0.15) is 6.26 Å². The maximum atomic E-state index is 10.5. The molecule has 0 spiro atoms. The minimum absolute atomic E-state index is 0.0872. The number of rotatable bonds is 3. The van der Waals surface area contributed by atoms with Crippen LogP contribution < -0.4 is 0 Å². The molecule has 1 saturated heterocycles. The van der Waals surface area contributed by atoms with Gasteiger partial charge in [0.25, 0.3) is 0 Å². The lowest BCUT2D eigenvalue weighted by atomic mass is 9.82. The fourth-order valence-corrected chi connectivity index (χ4v) is 1.86. The fourth-order valence-electron chi connectivity index (χ4n) is 1.86. The number of carbonyl (C=O) groups is 1. The highest BCUT2D eigenvalue weighted by Crippen LogP contribution is 2.33. The van der Waals surface area contributed by atoms with E-state index in [2.05, 4.69) is 11.9 Å². The number of oxazole rings is 1. The first-order chi connectivity index (χ1) is 7.60. The molecule has 1 N–H and O–H groups in total. The van der Waals surface area contributed by atoms with Crippen LogP contribution in [-0.2, 0) is 21.4 Å². The van der Waals surface area contributed by atoms with Crippen LogP contribution in [0.1, 0.15) is 31.4 Å². The Labute approximate surface area is 93.4 Å². The van der Waals surface area contributed by atoms with Gasteiger partial charge in [0, 0.05) is 18.6 Å². The Morgan fingerprint density at radius 1 is 1.56 bits per heavy atom. The zero-order valence-electron chi connectivity index (χ0n) is 9.23. The Morgan fingerprint density at radius 3 is 2.88 bits per heavy atom. The molecule has 2 rings (SSSR count). The monoisotopic (exact) mass is 225 g/mol. The largest absolute Gasteiger partial charge is 0.481 e. The molecule has 0 unspecified atom stereocenters. The highest BCUT2D eigenvalue weighted by molar-refractivity contribution is 5.69. The Morgan fingerprint density at radius 2 is 2.25 bits per heavy atom. The van der Waals surface area contributed by atoms with Crippen LogP contribution in [0.25, 0.3) is 0 Å². The van der Waals surface area contributed by atoms with Crippen LogP contribution in [0.3, 0.4) is 0 Å². The normalized spacial score (nSPS) is 19.6. The Hall–Kier alpha value is -1.36. The number of hydrogen-bond acceptors (Lipinski definition) is 4. The minimum atomic E-state index is -0.892. The molecule has 5 heteroatoms. The van der Waals surface area contributed by atoms with Crippen molar-refractivity contribution in [2.75, 3.05) is 13.2 Å². The summed E-state index contributed by atoms with van der Waals surface area (Å²) < 4.78 is 10.7. The van der Waals surface area contributed by atoms with Crippen molar-refractivity contribution in [1.29, 1.82) is 0 Å². The summed E-state index contributed by atoms with van der Waals surface area (Å²) in [5.41, 5.74) is 0.366. The molecule has 0 amide bonds. The average molecular weight is 225 g/mol. The second-order valence-electron chi connectivity index (χ2n) is 4.39. The SMILES string of the molecule is CC1(c2nc(CC(=O)O)co2)CCOCC1. The molecule has 0 aliphatic carbocycles. The van der Waals surface area contributed by atoms with Gasteiger partial charge in [0.05, 0.1) is 12.1 Å². The Bertz CT molecular complexity index is 379. The van der Waals surface area contributed by atoms with Crippen molar-refractivity contribution in [3.8, 4) is 0 Å². The van der Waals surface area contributed by atoms with E-state index >= 15 is 0 Å². The molecule has 0 saturated carbocycles. The topological polar surface area (TPSA) is 72.6 Å². The standard InChI is InChI=1S/C11H15NO4/c1-11(2-4-15-5-3-11)10-12-8(7-16-10)6-9(13)14/h7H,2-6H2,1H3,(H,13,14). The second kappa shape index (κ2) is 4.25. The first-order valence-corrected chi connectivity index (χ1v) is 5.35. The highest BCUT2D eigenvalue weighted by Gasteiger charge is 2.34. The van der Waals surface area contributed by atoms with Gasteiger partial charge < -0.3 is 14.3 Å². The first-order valence-electron chi connectivity index (χ1n) is 5.35. The third-order valence-corrected chi connectivity index (χ3v) is 3.00. The van der Waals surface area contributed by atoms with Crippen LogP contribution in [-0.4, -0.2) is 29.3 Å². The summed E-state index contributed by atoms with van der Waals surface area (Å²) in [5, 5.41) is 8.65. The number of nitrogens with zero attached hydrogens (tertiary/aromatic N) is 1. The number of hydrogen-bond donors (Lipinski definition) is 1. The molecule has 0 bridgehead atoms. The zero-order chi connectivity index (χ0) is 11.6. The van der Waals surface area contributed by atoms with E-state index in [1.165, 1.54) is 6.26 Å². The van der Waals surface area contributed by atoms with Crippen LogP contribution >= 0.6 is 0 Å². The van der Waals surface area contributed by atoms with Gasteiger partial charge in [0.2, 0.25) is 0 Å². The summed E-state index contributed by atoms with van der Waals surface area (Å²) in [6.07, 6.45) is 3.07. The maximum absolute atomic E-state index is 10.5. The van der Waals surface area contributed by atoms with E-state index < -0.39 is 5.97 Å². The summed E-state index contributed by atoms with van der Waals surface area (Å²) in [6.45, 7) is 3.48. The average Bonchev–Trinajstić information content (AvgIpc) is 2.67. The van der Waals surface area contributed by atoms with Gasteiger partial charge in [-0.2, -0.15) is 0 Å². The van der Waals surface area contributed by atoms with Crippen molar-refractivity contribution < 1.29 is 19.1 Å². The molecule has 1 aromatic rings. The quantitative estimate of drug-likeness (QED) is 0.841. The van der Waals surface area contributed by atoms with E-state index in [4.69, 9.17) is 14.3 Å². The fraction of sp³-hybridized carbons (Fsp3) is 0.636. The van der Waals surface area contributed by atoms with Gasteiger partial charge in [-0.25, -0.2) is 4.98 Å². The number of carboxylic acid groups (broad SMARTS) is 1. The summed E-state index contributed by atoms with van der Waals surface area (Å²) in [5.74, 6) is -0.260. The lowest BCUT2D eigenvalue weighted by molar-refractivity contribution is -0.136. The van der Waals surface area contributed by atoms with Gasteiger partial charge in [-0.15, -0.1) is 0 Å². The maximum Gasteiger partial charge on any atom is 0.309 e. The number of aromatic nitrogens is 1. The van der Waals surface area contributed by atoms with Crippen LogP contribution in [0, 0.1) is 0 Å². The van der Waals surface area contributed by atoms with Crippen molar-refractivity contribution >= 4 is 5.97 Å². The summed E-state index contributed by atoms with van der Waals surface area (Å²) >= 11 is 0. The van der Waals surface area contributed by atoms with Gasteiger partial charge in [-0.1, -0.05) is 6.92 Å². The van der Waals surface area contributed by atoms with E-state index in [9.17, 15) is 4.79 Å². The molecule has 5 nitrogen and oxygen atoms in total. The molecule has 1 fully saturated rings. The molecule has 88 valence electrons. The predicted octanol–water partition coefficient (Wildman–Crippen LogP) is 1.37. The van der Waals surface area contributed by atoms with E-state index in [1.807, 2.05) is 0 Å². The molecule has 16 heavy (non-hydrogen) atoms. The van der Waals surface area contributed by atoms with E-state index in [1.54, 1.807) is 0 Å². The smallest absolute Gasteiger partial charge is 0.309 e. The lowest BCUT2D eigenvalue weighted by Crippen LogP contribution is -2.31. The lowest BCUT2D eigenvalue weighted by Gasteiger charge is -2.30. The van der Waals surface area contributed by atoms with Gasteiger partial charge >= 0.3 is 5.97 Å². The molecule has 0 atom stereocenters. The second-order valence-corrected chi connectivity index (χ2v) is 4.39. The summed E-state index contributed by atoms with van der Waals surface area (Å²) in [4.78, 5) is 14.8. The molecule has 0 aromatic carbocycles. The number of aliphatic carboxylic acids is 1. The minimum Gasteiger partial charge on any atom is -0.481 e. The van der Waals surface area contributed by atoms with E-state index in [0.717, 1.165) is 12.8 Å². The van der Waals surface area contributed by atoms with Crippen molar-refractivity contribution in [3.63, 3.8) is 0 Å². The van der Waals surface area contributed by atoms with Gasteiger partial charge in [-0.05, 0) is 12.8 Å². The van der Waals surface area contributed by atoms with Crippen LogP contribution in [0.4, 0.5) is 0 Å². The molecule has 0 radical (unpaired) electrons. The first kappa shape index (κ1) is 11.1. The number of ether oxygens (including phenoxy) is 1. The molecule has 1 aliphatic heterocycles. The molecule has 1 aliphatic rings. The third-order valence-electron chi connectivity index (χ3n) is 3.00. The molecular formula is C11H15NO4. The Kier molecular flexibility index (Phi) is 2.96. The van der Waals surface area contributed by atoms with Crippen LogP contribution in [0.2, 0.25) is 0 Å². The van der Waals surface area contributed by atoms with Crippen molar-refractivity contribution in [3.05, 3.63) is 17.8 Å². The predicted molar refractivity (Wildman–Crippen MR) is 55.2 cm³/mol. The zero-order valence-corrected chi connectivity index (χ0v) is 9.23. The Balaban J connectivity index is 2.13. The third kappa shape index (κ3) is 2.24. The summed E-state index contributed by atoms with van der Waals surface area (Å²) in [6, 6.07) is 0. The molecule has 2 heterocycles. The van der Waals surface area contributed by atoms with E-state index in [0.29, 0.717) is 24.8 Å². The highest BCUT2D eigenvalue weighted by atomic mass is 16.5. The van der Waals surface area contributed by atoms with Crippen LogP contribution in [0.5, 0.6) is 0 Å². The van der Waals surface area contributed by atoms with Gasteiger partial charge in [0.15, 0.2) is 5.89 Å². The molecule has 1 aromatic heterocycles. The number of carboxylic acids is 1. The van der Waals surface area contributed by atoms with E-state index in [-0.39, 0.29) is 11.8 Å². The van der Waals surface area contributed by atoms with Crippen molar-refractivity contribution in [1.82, 2.24) is 4.98 Å². The van der Waals surface area contributed by atoms with Crippen molar-refractivity contribution in [2.24, 2.45) is 0 Å². The van der Waals surface area contributed by atoms with Crippen LogP contribution in [0.15, 0.2) is 10.7 Å².